The van der Waals surface area contributed by atoms with Gasteiger partial charge in [0.2, 0.25) is 0 Å². The lowest BCUT2D eigenvalue weighted by molar-refractivity contribution is 0.223. The fraction of sp³-hybridized carbons (Fsp3) is 0.455. The summed E-state index contributed by atoms with van der Waals surface area (Å²) in [5.41, 5.74) is 1.35. The predicted octanol–water partition coefficient (Wildman–Crippen LogP) is 1.73. The molecule has 0 amide bonds. The van der Waals surface area contributed by atoms with Crippen LogP contribution in [0.5, 0.6) is 0 Å². The van der Waals surface area contributed by atoms with Gasteiger partial charge in [0.05, 0.1) is 6.61 Å². The molecule has 0 aliphatic carbocycles. The lowest BCUT2D eigenvalue weighted by atomic mass is 10.1. The number of rotatable bonds is 5. The maximum absolute atomic E-state index is 8.69. The van der Waals surface area contributed by atoms with E-state index in [1.807, 2.05) is 13.1 Å². The number of hydrogen-bond donors (Lipinski definition) is 1. The molecule has 1 N–H and O–H groups in total. The van der Waals surface area contributed by atoms with Gasteiger partial charge in [0.15, 0.2) is 0 Å². The number of benzene rings is 1. The minimum absolute atomic E-state index is 0. The number of aliphatic hydroxyl groups excluding tert-OH is 1. The first-order valence-corrected chi connectivity index (χ1v) is 4.66. The lowest BCUT2D eigenvalue weighted by Gasteiger charge is -2.14. The SMILES string of the molecule is Br.CN(CCO)CCc1ccccc1. The average Bonchev–Trinajstić information content (AvgIpc) is 2.17. The van der Waals surface area contributed by atoms with E-state index >= 15 is 0 Å². The van der Waals surface area contributed by atoms with Gasteiger partial charge in [-0.3, -0.25) is 0 Å². The highest BCUT2D eigenvalue weighted by Crippen LogP contribution is 1.99. The molecule has 2 nitrogen and oxygen atoms in total. The third-order valence-corrected chi connectivity index (χ3v) is 2.11. The Bertz CT molecular complexity index is 228. The Morgan fingerprint density at radius 3 is 2.36 bits per heavy atom. The zero-order chi connectivity index (χ0) is 9.52. The summed E-state index contributed by atoms with van der Waals surface area (Å²) in [5.74, 6) is 0. The standard InChI is InChI=1S/C11H17NO.BrH/c1-12(9-10-13)8-7-11-5-3-2-4-6-11;/h2-6,13H,7-10H2,1H3;1H. The van der Waals surface area contributed by atoms with Crippen LogP contribution < -0.4 is 0 Å². The molecule has 0 heterocycles. The largest absolute Gasteiger partial charge is 0.395 e. The van der Waals surface area contributed by atoms with Crippen LogP contribution in [-0.4, -0.2) is 36.8 Å². The molecule has 0 aliphatic heterocycles. The molecule has 0 aliphatic rings. The highest BCUT2D eigenvalue weighted by molar-refractivity contribution is 8.93. The van der Waals surface area contributed by atoms with Crippen LogP contribution >= 0.6 is 17.0 Å². The lowest BCUT2D eigenvalue weighted by Crippen LogP contribution is -2.24. The van der Waals surface area contributed by atoms with Crippen LogP contribution in [0.25, 0.3) is 0 Å². The van der Waals surface area contributed by atoms with Gasteiger partial charge in [-0.2, -0.15) is 0 Å². The molecule has 1 aromatic rings. The van der Waals surface area contributed by atoms with Gasteiger partial charge < -0.3 is 10.0 Å². The average molecular weight is 260 g/mol. The van der Waals surface area contributed by atoms with E-state index in [0.29, 0.717) is 0 Å². The number of aliphatic hydroxyl groups is 1. The van der Waals surface area contributed by atoms with E-state index in [1.165, 1.54) is 5.56 Å². The van der Waals surface area contributed by atoms with E-state index < -0.39 is 0 Å². The van der Waals surface area contributed by atoms with E-state index in [2.05, 4.69) is 29.2 Å². The van der Waals surface area contributed by atoms with Crippen LogP contribution in [0.2, 0.25) is 0 Å². The van der Waals surface area contributed by atoms with Crippen molar-refractivity contribution in [3.05, 3.63) is 35.9 Å². The quantitative estimate of drug-likeness (QED) is 0.871. The highest BCUT2D eigenvalue weighted by atomic mass is 79.9. The summed E-state index contributed by atoms with van der Waals surface area (Å²) < 4.78 is 0. The van der Waals surface area contributed by atoms with Gasteiger partial charge in [-0.15, -0.1) is 17.0 Å². The van der Waals surface area contributed by atoms with Gasteiger partial charge >= 0.3 is 0 Å². The Morgan fingerprint density at radius 1 is 1.14 bits per heavy atom. The molecule has 0 spiro atoms. The maximum atomic E-state index is 8.69. The molecule has 0 bridgehead atoms. The van der Waals surface area contributed by atoms with E-state index in [4.69, 9.17) is 5.11 Å². The Kier molecular flexibility index (Phi) is 7.76. The van der Waals surface area contributed by atoms with Crippen LogP contribution in [0.15, 0.2) is 30.3 Å². The highest BCUT2D eigenvalue weighted by Gasteiger charge is 1.97. The van der Waals surface area contributed by atoms with Crippen molar-refractivity contribution in [3.63, 3.8) is 0 Å². The van der Waals surface area contributed by atoms with Crippen molar-refractivity contribution in [3.8, 4) is 0 Å². The first-order valence-electron chi connectivity index (χ1n) is 4.66. The molecule has 1 rings (SSSR count). The van der Waals surface area contributed by atoms with Crippen molar-refractivity contribution in [2.75, 3.05) is 26.7 Å². The summed E-state index contributed by atoms with van der Waals surface area (Å²) in [4.78, 5) is 2.13. The summed E-state index contributed by atoms with van der Waals surface area (Å²) in [7, 11) is 2.03. The monoisotopic (exact) mass is 259 g/mol. The molecular formula is C11H18BrNO. The zero-order valence-electron chi connectivity index (χ0n) is 8.52. The molecule has 0 saturated carbocycles. The second kappa shape index (κ2) is 7.97. The van der Waals surface area contributed by atoms with Gasteiger partial charge in [-0.05, 0) is 19.0 Å². The summed E-state index contributed by atoms with van der Waals surface area (Å²) >= 11 is 0. The second-order valence-electron chi connectivity index (χ2n) is 3.26. The van der Waals surface area contributed by atoms with Gasteiger partial charge in [-0.25, -0.2) is 0 Å². The summed E-state index contributed by atoms with van der Waals surface area (Å²) in [6, 6.07) is 10.4. The van der Waals surface area contributed by atoms with Crippen LogP contribution in [0.1, 0.15) is 5.56 Å². The van der Waals surface area contributed by atoms with Crippen molar-refractivity contribution in [1.82, 2.24) is 4.90 Å². The van der Waals surface area contributed by atoms with E-state index in [9.17, 15) is 0 Å². The molecule has 0 unspecified atom stereocenters. The summed E-state index contributed by atoms with van der Waals surface area (Å²) in [6.45, 7) is 2.00. The minimum atomic E-state index is 0. The minimum Gasteiger partial charge on any atom is -0.395 e. The Morgan fingerprint density at radius 2 is 1.79 bits per heavy atom. The third-order valence-electron chi connectivity index (χ3n) is 2.11. The fourth-order valence-corrected chi connectivity index (χ4v) is 1.25. The molecule has 3 heteroatoms. The molecule has 0 radical (unpaired) electrons. The maximum Gasteiger partial charge on any atom is 0.0558 e. The summed E-state index contributed by atoms with van der Waals surface area (Å²) in [6.07, 6.45) is 1.05. The van der Waals surface area contributed by atoms with Crippen LogP contribution in [0, 0.1) is 0 Å². The van der Waals surface area contributed by atoms with E-state index in [0.717, 1.165) is 19.5 Å². The smallest absolute Gasteiger partial charge is 0.0558 e. The molecule has 0 atom stereocenters. The van der Waals surface area contributed by atoms with E-state index in [1.54, 1.807) is 0 Å². The van der Waals surface area contributed by atoms with Crippen LogP contribution in [0.3, 0.4) is 0 Å². The first kappa shape index (κ1) is 13.6. The topological polar surface area (TPSA) is 23.5 Å². The van der Waals surface area contributed by atoms with Crippen molar-refractivity contribution in [2.24, 2.45) is 0 Å². The Hall–Kier alpha value is -0.380. The van der Waals surface area contributed by atoms with Crippen molar-refractivity contribution in [2.45, 2.75) is 6.42 Å². The number of hydrogen-bond acceptors (Lipinski definition) is 2. The van der Waals surface area contributed by atoms with Crippen LogP contribution in [0.4, 0.5) is 0 Å². The van der Waals surface area contributed by atoms with Crippen molar-refractivity contribution < 1.29 is 5.11 Å². The molecule has 14 heavy (non-hydrogen) atoms. The van der Waals surface area contributed by atoms with Gasteiger partial charge in [0, 0.05) is 13.1 Å². The third kappa shape index (κ3) is 5.37. The molecule has 0 aromatic heterocycles. The zero-order valence-corrected chi connectivity index (χ0v) is 10.2. The van der Waals surface area contributed by atoms with Gasteiger partial charge in [0.1, 0.15) is 0 Å². The second-order valence-corrected chi connectivity index (χ2v) is 3.26. The fourth-order valence-electron chi connectivity index (χ4n) is 1.25. The van der Waals surface area contributed by atoms with Gasteiger partial charge in [-0.1, -0.05) is 30.3 Å². The summed E-state index contributed by atoms with van der Waals surface area (Å²) in [5, 5.41) is 8.69. The molecule has 0 saturated heterocycles. The number of halogens is 1. The molecule has 0 fully saturated rings. The normalized spacial score (nSPS) is 9.93. The molecular weight excluding hydrogens is 242 g/mol. The van der Waals surface area contributed by atoms with Crippen molar-refractivity contribution >= 4 is 17.0 Å². The number of nitrogens with zero attached hydrogens (tertiary/aromatic N) is 1. The van der Waals surface area contributed by atoms with E-state index in [-0.39, 0.29) is 23.6 Å². The predicted molar refractivity (Wildman–Crippen MR) is 65.1 cm³/mol. The molecule has 1 aromatic carbocycles. The van der Waals surface area contributed by atoms with Gasteiger partial charge in [0.25, 0.3) is 0 Å². The van der Waals surface area contributed by atoms with Crippen molar-refractivity contribution in [1.29, 1.82) is 0 Å². The number of likely N-dealkylation sites (N-methyl/N-ethyl adjacent to an activating group) is 1. The first-order chi connectivity index (χ1) is 6.33. The molecule has 80 valence electrons. The van der Waals surface area contributed by atoms with Crippen LogP contribution in [-0.2, 0) is 6.42 Å². The Balaban J connectivity index is 0.00000169. The Labute approximate surface area is 96.3 Å².